The number of allylic oxidation sites excluding steroid dienone is 1. The summed E-state index contributed by atoms with van der Waals surface area (Å²) >= 11 is 5.58. The molecule has 0 spiro atoms. The van der Waals surface area contributed by atoms with Crippen molar-refractivity contribution in [2.45, 2.75) is 13.8 Å². The summed E-state index contributed by atoms with van der Waals surface area (Å²) in [5, 5.41) is 10.6. The van der Waals surface area contributed by atoms with E-state index in [1.807, 2.05) is 0 Å². The van der Waals surface area contributed by atoms with Crippen molar-refractivity contribution in [3.63, 3.8) is 0 Å². The zero-order valence-electron chi connectivity index (χ0n) is 8.65. The summed E-state index contributed by atoms with van der Waals surface area (Å²) in [6, 6.07) is 0. The SMILES string of the molecule is C=C(C)c1nc(Cl)nc(C(C)=O)c1[N+](=O)[O-]. The number of aromatic nitrogens is 2. The molecule has 0 saturated heterocycles. The fourth-order valence-corrected chi connectivity index (χ4v) is 1.31. The van der Waals surface area contributed by atoms with Gasteiger partial charge in [0.25, 0.3) is 0 Å². The molecule has 0 atom stereocenters. The van der Waals surface area contributed by atoms with Gasteiger partial charge in [0.15, 0.2) is 11.5 Å². The number of hydrogen-bond acceptors (Lipinski definition) is 5. The van der Waals surface area contributed by atoms with E-state index in [4.69, 9.17) is 11.6 Å². The number of carbonyl (C=O) groups is 1. The summed E-state index contributed by atoms with van der Waals surface area (Å²) in [6.45, 7) is 6.26. The molecule has 0 saturated carbocycles. The van der Waals surface area contributed by atoms with E-state index in [2.05, 4.69) is 16.5 Å². The lowest BCUT2D eigenvalue weighted by Crippen LogP contribution is -2.08. The zero-order valence-corrected chi connectivity index (χ0v) is 9.41. The summed E-state index contributed by atoms with van der Waals surface area (Å²) < 4.78 is 0. The van der Waals surface area contributed by atoms with Crippen molar-refractivity contribution in [1.29, 1.82) is 0 Å². The van der Waals surface area contributed by atoms with E-state index in [0.29, 0.717) is 5.57 Å². The maximum absolute atomic E-state index is 11.2. The Kier molecular flexibility index (Phi) is 3.34. The Morgan fingerprint density at radius 3 is 2.25 bits per heavy atom. The van der Waals surface area contributed by atoms with Crippen molar-refractivity contribution in [2.24, 2.45) is 0 Å². The Hall–Kier alpha value is -1.82. The first-order valence-electron chi connectivity index (χ1n) is 4.23. The minimum absolute atomic E-state index is 0.0183. The molecule has 0 unspecified atom stereocenters. The van der Waals surface area contributed by atoms with E-state index in [1.165, 1.54) is 13.8 Å². The summed E-state index contributed by atoms with van der Waals surface area (Å²) in [6.07, 6.45) is 0. The molecule has 0 amide bonds. The molecule has 1 rings (SSSR count). The number of rotatable bonds is 3. The fourth-order valence-electron chi connectivity index (χ4n) is 1.14. The Morgan fingerprint density at radius 1 is 1.38 bits per heavy atom. The highest BCUT2D eigenvalue weighted by atomic mass is 35.5. The molecule has 16 heavy (non-hydrogen) atoms. The number of carbonyl (C=O) groups excluding carboxylic acids is 1. The van der Waals surface area contributed by atoms with Crippen molar-refractivity contribution < 1.29 is 9.72 Å². The van der Waals surface area contributed by atoms with Crippen molar-refractivity contribution >= 4 is 28.6 Å². The molecule has 0 N–H and O–H groups in total. The number of nitro groups is 1. The molecule has 6 nitrogen and oxygen atoms in total. The van der Waals surface area contributed by atoms with Gasteiger partial charge < -0.3 is 0 Å². The predicted molar refractivity (Wildman–Crippen MR) is 58.4 cm³/mol. The molecule has 0 radical (unpaired) electrons. The molecule has 0 bridgehead atoms. The smallest absolute Gasteiger partial charge is 0.292 e. The van der Waals surface area contributed by atoms with Gasteiger partial charge >= 0.3 is 5.69 Å². The lowest BCUT2D eigenvalue weighted by atomic mass is 10.1. The maximum Gasteiger partial charge on any atom is 0.324 e. The molecular formula is C9H8ClN3O3. The molecular weight excluding hydrogens is 234 g/mol. The number of nitrogens with zero attached hydrogens (tertiary/aromatic N) is 3. The Labute approximate surface area is 96.1 Å². The maximum atomic E-state index is 11.2. The van der Waals surface area contributed by atoms with Crippen LogP contribution in [0.25, 0.3) is 5.57 Å². The molecule has 0 aliphatic rings. The third-order valence-electron chi connectivity index (χ3n) is 1.78. The van der Waals surface area contributed by atoms with Crippen LogP contribution in [-0.2, 0) is 0 Å². The molecule has 7 heteroatoms. The standard InChI is InChI=1S/C9H8ClN3O3/c1-4(2)6-8(13(15)16)7(5(3)14)12-9(10)11-6/h1H2,2-3H3. The van der Waals surface area contributed by atoms with Crippen LogP contribution in [0, 0.1) is 10.1 Å². The van der Waals surface area contributed by atoms with Gasteiger partial charge in [0.1, 0.15) is 5.69 Å². The third-order valence-corrected chi connectivity index (χ3v) is 1.95. The zero-order chi connectivity index (χ0) is 12.5. The van der Waals surface area contributed by atoms with Crippen molar-refractivity contribution in [3.8, 4) is 0 Å². The van der Waals surface area contributed by atoms with Crippen molar-refractivity contribution in [2.75, 3.05) is 0 Å². The lowest BCUT2D eigenvalue weighted by Gasteiger charge is -2.04. The van der Waals surface area contributed by atoms with Crippen LogP contribution in [-0.4, -0.2) is 20.7 Å². The van der Waals surface area contributed by atoms with Crippen LogP contribution < -0.4 is 0 Å². The number of Topliss-reactive ketones (excluding diaryl/α,β-unsaturated/α-hetero) is 1. The Bertz CT molecular complexity index is 464. The average molecular weight is 242 g/mol. The molecule has 0 aromatic carbocycles. The van der Waals surface area contributed by atoms with Crippen LogP contribution in [0.5, 0.6) is 0 Å². The summed E-state index contributed by atoms with van der Waals surface area (Å²) in [5.41, 5.74) is -0.430. The first kappa shape index (κ1) is 12.3. The molecule has 1 heterocycles. The molecule has 0 aliphatic heterocycles. The topological polar surface area (TPSA) is 86.0 Å². The van der Waals surface area contributed by atoms with Crippen molar-refractivity contribution in [1.82, 2.24) is 9.97 Å². The number of ketones is 1. The van der Waals surface area contributed by atoms with E-state index in [1.54, 1.807) is 0 Å². The molecule has 0 fully saturated rings. The van der Waals surface area contributed by atoms with Crippen LogP contribution in [0.1, 0.15) is 30.0 Å². The molecule has 0 aliphatic carbocycles. The van der Waals surface area contributed by atoms with Gasteiger partial charge in [-0.25, -0.2) is 9.97 Å². The van der Waals surface area contributed by atoms with E-state index >= 15 is 0 Å². The first-order valence-corrected chi connectivity index (χ1v) is 4.61. The Balaban J connectivity index is 3.67. The van der Waals surface area contributed by atoms with Crippen LogP contribution in [0.3, 0.4) is 0 Å². The number of halogens is 1. The lowest BCUT2D eigenvalue weighted by molar-refractivity contribution is -0.385. The highest BCUT2D eigenvalue weighted by Gasteiger charge is 2.27. The van der Waals surface area contributed by atoms with Gasteiger partial charge in [-0.15, -0.1) is 0 Å². The highest BCUT2D eigenvalue weighted by molar-refractivity contribution is 6.28. The van der Waals surface area contributed by atoms with Crippen LogP contribution in [0.2, 0.25) is 5.28 Å². The second kappa shape index (κ2) is 4.36. The average Bonchev–Trinajstić information content (AvgIpc) is 2.15. The second-order valence-electron chi connectivity index (χ2n) is 3.13. The first-order chi connectivity index (χ1) is 7.34. The van der Waals surface area contributed by atoms with Gasteiger partial charge in [-0.3, -0.25) is 14.9 Å². The van der Waals surface area contributed by atoms with Gasteiger partial charge in [-0.2, -0.15) is 0 Å². The predicted octanol–water partition coefficient (Wildman–Crippen LogP) is 2.27. The molecule has 1 aromatic heterocycles. The quantitative estimate of drug-likeness (QED) is 0.351. The van der Waals surface area contributed by atoms with Gasteiger partial charge in [-0.05, 0) is 24.1 Å². The van der Waals surface area contributed by atoms with Crippen LogP contribution in [0.4, 0.5) is 5.69 Å². The van der Waals surface area contributed by atoms with E-state index < -0.39 is 16.4 Å². The van der Waals surface area contributed by atoms with Crippen molar-refractivity contribution in [3.05, 3.63) is 33.4 Å². The van der Waals surface area contributed by atoms with E-state index in [-0.39, 0.29) is 16.7 Å². The fraction of sp³-hybridized carbons (Fsp3) is 0.222. The number of hydrogen-bond donors (Lipinski definition) is 0. The largest absolute Gasteiger partial charge is 0.324 e. The molecule has 1 aromatic rings. The van der Waals surface area contributed by atoms with E-state index in [0.717, 1.165) is 0 Å². The van der Waals surface area contributed by atoms with Gasteiger partial charge in [-0.1, -0.05) is 6.58 Å². The molecule has 84 valence electrons. The van der Waals surface area contributed by atoms with Gasteiger partial charge in [0.05, 0.1) is 4.92 Å². The minimum Gasteiger partial charge on any atom is -0.292 e. The summed E-state index contributed by atoms with van der Waals surface area (Å²) in [5.74, 6) is -0.543. The van der Waals surface area contributed by atoms with Crippen LogP contribution in [0.15, 0.2) is 6.58 Å². The third kappa shape index (κ3) is 2.22. The van der Waals surface area contributed by atoms with Crippen LogP contribution >= 0.6 is 11.6 Å². The highest BCUT2D eigenvalue weighted by Crippen LogP contribution is 2.27. The van der Waals surface area contributed by atoms with Gasteiger partial charge in [0, 0.05) is 6.92 Å². The summed E-state index contributed by atoms with van der Waals surface area (Å²) in [4.78, 5) is 28.6. The van der Waals surface area contributed by atoms with E-state index in [9.17, 15) is 14.9 Å². The monoisotopic (exact) mass is 241 g/mol. The Morgan fingerprint density at radius 2 is 1.88 bits per heavy atom. The van der Waals surface area contributed by atoms with Gasteiger partial charge in [0.2, 0.25) is 5.28 Å². The second-order valence-corrected chi connectivity index (χ2v) is 3.47. The minimum atomic E-state index is -0.711. The normalized spacial score (nSPS) is 9.94. The summed E-state index contributed by atoms with van der Waals surface area (Å²) in [7, 11) is 0.